The first-order valence-corrected chi connectivity index (χ1v) is 7.08. The fourth-order valence-electron chi connectivity index (χ4n) is 2.93. The highest BCUT2D eigenvalue weighted by atomic mass is 16.3. The number of aryl methyl sites for hydroxylation is 1. The van der Waals surface area contributed by atoms with E-state index in [1.165, 1.54) is 6.07 Å². The van der Waals surface area contributed by atoms with Crippen LogP contribution in [0.1, 0.15) is 17.4 Å². The second kappa shape index (κ2) is 4.53. The van der Waals surface area contributed by atoms with Crippen LogP contribution in [0.15, 0.2) is 48.5 Å². The highest BCUT2D eigenvalue weighted by Crippen LogP contribution is 2.42. The van der Waals surface area contributed by atoms with Gasteiger partial charge in [-0.3, -0.25) is 0 Å². The van der Waals surface area contributed by atoms with Gasteiger partial charge in [-0.15, -0.1) is 0 Å². The summed E-state index contributed by atoms with van der Waals surface area (Å²) in [5.41, 5.74) is 4.51. The lowest BCUT2D eigenvalue weighted by molar-refractivity contribution is 0.392. The van der Waals surface area contributed by atoms with Gasteiger partial charge in [0.25, 0.3) is 0 Å². The molecule has 0 aliphatic carbocycles. The molecule has 0 fully saturated rings. The van der Waals surface area contributed by atoms with E-state index >= 15 is 0 Å². The lowest BCUT2D eigenvalue weighted by Crippen LogP contribution is -2.25. The summed E-state index contributed by atoms with van der Waals surface area (Å²) in [5, 5.41) is 27.9. The number of fused-ring (bicyclic) bond motifs is 3. The molecule has 1 aliphatic heterocycles. The van der Waals surface area contributed by atoms with Crippen LogP contribution in [0.25, 0.3) is 11.3 Å². The van der Waals surface area contributed by atoms with Gasteiger partial charge in [-0.2, -0.15) is 5.10 Å². The summed E-state index contributed by atoms with van der Waals surface area (Å²) in [6.45, 7) is 1.94. The van der Waals surface area contributed by atoms with Crippen molar-refractivity contribution in [1.29, 1.82) is 0 Å². The molecule has 22 heavy (non-hydrogen) atoms. The molecule has 0 spiro atoms. The zero-order valence-corrected chi connectivity index (χ0v) is 12.0. The first-order valence-electron chi connectivity index (χ1n) is 7.08. The van der Waals surface area contributed by atoms with Crippen molar-refractivity contribution in [2.24, 2.45) is 0 Å². The Morgan fingerprint density at radius 2 is 1.91 bits per heavy atom. The van der Waals surface area contributed by atoms with Gasteiger partial charge in [0.15, 0.2) is 17.7 Å². The van der Waals surface area contributed by atoms with Crippen molar-refractivity contribution < 1.29 is 10.2 Å². The second-order valence-corrected chi connectivity index (χ2v) is 5.42. The quantitative estimate of drug-likeness (QED) is 0.602. The summed E-state index contributed by atoms with van der Waals surface area (Å²) in [4.78, 5) is 0. The van der Waals surface area contributed by atoms with E-state index in [2.05, 4.69) is 10.4 Å². The van der Waals surface area contributed by atoms with Crippen LogP contribution in [0.4, 0.5) is 5.69 Å². The lowest BCUT2D eigenvalue weighted by atomic mass is 10.0. The Morgan fingerprint density at radius 3 is 2.77 bits per heavy atom. The van der Waals surface area contributed by atoms with Crippen molar-refractivity contribution in [3.05, 3.63) is 59.8 Å². The molecular weight excluding hydrogens is 278 g/mol. The Balaban J connectivity index is 1.94. The molecule has 5 heteroatoms. The predicted octanol–water partition coefficient (Wildman–Crippen LogP) is 3.24. The van der Waals surface area contributed by atoms with E-state index in [-0.39, 0.29) is 17.7 Å². The number of hydrogen-bond donors (Lipinski definition) is 3. The van der Waals surface area contributed by atoms with Gasteiger partial charge in [0.1, 0.15) is 0 Å². The maximum atomic E-state index is 10.2. The Labute approximate surface area is 127 Å². The summed E-state index contributed by atoms with van der Waals surface area (Å²) < 4.78 is 1.84. The largest absolute Gasteiger partial charge is 0.504 e. The van der Waals surface area contributed by atoms with Gasteiger partial charge in [-0.25, -0.2) is 4.68 Å². The fourth-order valence-corrected chi connectivity index (χ4v) is 2.93. The third-order valence-electron chi connectivity index (χ3n) is 3.94. The minimum Gasteiger partial charge on any atom is -0.504 e. The molecule has 2 aromatic carbocycles. The monoisotopic (exact) mass is 293 g/mol. The van der Waals surface area contributed by atoms with Crippen molar-refractivity contribution in [2.45, 2.75) is 13.1 Å². The average molecular weight is 293 g/mol. The molecule has 0 amide bonds. The van der Waals surface area contributed by atoms with Crippen LogP contribution >= 0.6 is 0 Å². The number of nitrogens with one attached hydrogen (secondary N) is 1. The maximum Gasteiger partial charge on any atom is 0.164 e. The van der Waals surface area contributed by atoms with Crippen molar-refractivity contribution >= 4 is 5.69 Å². The van der Waals surface area contributed by atoms with Crippen molar-refractivity contribution in [3.8, 4) is 22.8 Å². The summed E-state index contributed by atoms with van der Waals surface area (Å²) in [6, 6.07) is 15.0. The molecule has 1 atom stereocenters. The van der Waals surface area contributed by atoms with Gasteiger partial charge in [-0.05, 0) is 25.1 Å². The van der Waals surface area contributed by atoms with Crippen LogP contribution < -0.4 is 5.32 Å². The van der Waals surface area contributed by atoms with Crippen LogP contribution in [-0.2, 0) is 0 Å². The summed E-state index contributed by atoms with van der Waals surface area (Å²) >= 11 is 0. The minimum absolute atomic E-state index is 0.126. The number of benzene rings is 2. The van der Waals surface area contributed by atoms with E-state index in [1.807, 2.05) is 41.9 Å². The Bertz CT molecular complexity index is 870. The molecule has 1 aliphatic rings. The van der Waals surface area contributed by atoms with Crippen LogP contribution in [-0.4, -0.2) is 20.0 Å². The molecule has 110 valence electrons. The zero-order chi connectivity index (χ0) is 15.3. The predicted molar refractivity (Wildman–Crippen MR) is 83.9 cm³/mol. The van der Waals surface area contributed by atoms with E-state index < -0.39 is 0 Å². The van der Waals surface area contributed by atoms with Crippen LogP contribution in [0.2, 0.25) is 0 Å². The zero-order valence-electron chi connectivity index (χ0n) is 12.0. The van der Waals surface area contributed by atoms with E-state index in [1.54, 1.807) is 12.1 Å². The Hall–Kier alpha value is -2.95. The van der Waals surface area contributed by atoms with Crippen molar-refractivity contribution in [1.82, 2.24) is 9.78 Å². The maximum absolute atomic E-state index is 10.2. The lowest BCUT2D eigenvalue weighted by Gasteiger charge is -2.29. The number of aromatic nitrogens is 2. The first kappa shape index (κ1) is 12.8. The Kier molecular flexibility index (Phi) is 2.63. The number of anilines is 1. The smallest absolute Gasteiger partial charge is 0.164 e. The van der Waals surface area contributed by atoms with Gasteiger partial charge in [0, 0.05) is 16.8 Å². The van der Waals surface area contributed by atoms with Crippen LogP contribution in [0.3, 0.4) is 0 Å². The van der Waals surface area contributed by atoms with Crippen LogP contribution in [0, 0.1) is 6.92 Å². The van der Waals surface area contributed by atoms with Crippen LogP contribution in [0.5, 0.6) is 11.5 Å². The van der Waals surface area contributed by atoms with Crippen molar-refractivity contribution in [2.75, 3.05) is 5.32 Å². The minimum atomic E-state index is -0.370. The molecule has 0 saturated carbocycles. The van der Waals surface area contributed by atoms with Gasteiger partial charge in [-0.1, -0.05) is 30.3 Å². The number of rotatable bonds is 1. The second-order valence-electron chi connectivity index (χ2n) is 5.42. The number of hydrogen-bond acceptors (Lipinski definition) is 4. The van der Waals surface area contributed by atoms with E-state index in [4.69, 9.17) is 0 Å². The third kappa shape index (κ3) is 1.75. The normalized spacial score (nSPS) is 15.8. The molecule has 3 aromatic rings. The number of para-hydroxylation sites is 2. The summed E-state index contributed by atoms with van der Waals surface area (Å²) in [5.74, 6) is -0.262. The molecular formula is C17H15N3O2. The molecule has 5 nitrogen and oxygen atoms in total. The molecule has 0 unspecified atom stereocenters. The van der Waals surface area contributed by atoms with Crippen molar-refractivity contribution in [3.63, 3.8) is 0 Å². The van der Waals surface area contributed by atoms with Gasteiger partial charge in [0.05, 0.1) is 11.4 Å². The molecule has 0 saturated heterocycles. The fraction of sp³-hybridized carbons (Fsp3) is 0.118. The highest BCUT2D eigenvalue weighted by Gasteiger charge is 2.28. The number of phenolic OH excluding ortho intramolecular Hbond substituents is 2. The van der Waals surface area contributed by atoms with E-state index in [0.717, 1.165) is 22.6 Å². The molecule has 4 rings (SSSR count). The number of phenols is 2. The molecule has 0 radical (unpaired) electrons. The highest BCUT2D eigenvalue weighted by molar-refractivity contribution is 5.79. The summed E-state index contributed by atoms with van der Waals surface area (Å²) in [6.07, 6.45) is -0.370. The standard InChI is InChI=1S/C17H15N3O2/c1-10-9-14-11-5-2-3-7-13(11)18-17(20(14)19-10)12-6-4-8-15(21)16(12)22/h2-9,17-18,21-22H,1H3/t17-/m1/s1. The molecule has 2 heterocycles. The SMILES string of the molecule is Cc1cc2n(n1)[C@H](c1cccc(O)c1O)Nc1ccccc1-2. The van der Waals surface area contributed by atoms with E-state index in [9.17, 15) is 10.2 Å². The molecule has 1 aromatic heterocycles. The number of nitrogens with zero attached hydrogens (tertiary/aromatic N) is 2. The van der Waals surface area contributed by atoms with Gasteiger partial charge < -0.3 is 15.5 Å². The molecule has 3 N–H and O–H groups in total. The number of aromatic hydroxyl groups is 2. The average Bonchev–Trinajstić information content (AvgIpc) is 2.91. The molecule has 0 bridgehead atoms. The van der Waals surface area contributed by atoms with Gasteiger partial charge in [0.2, 0.25) is 0 Å². The van der Waals surface area contributed by atoms with E-state index in [0.29, 0.717) is 5.56 Å². The third-order valence-corrected chi connectivity index (χ3v) is 3.94. The Morgan fingerprint density at radius 1 is 1.09 bits per heavy atom. The van der Waals surface area contributed by atoms with Gasteiger partial charge >= 0.3 is 0 Å². The summed E-state index contributed by atoms with van der Waals surface area (Å²) in [7, 11) is 0. The first-order chi connectivity index (χ1) is 10.6. The topological polar surface area (TPSA) is 70.3 Å².